The summed E-state index contributed by atoms with van der Waals surface area (Å²) in [7, 11) is 2.90. The Bertz CT molecular complexity index is 1020. The fourth-order valence-corrected chi connectivity index (χ4v) is 3.24. The van der Waals surface area contributed by atoms with Crippen LogP contribution in [0.5, 0.6) is 0 Å². The Morgan fingerprint density at radius 3 is 2.21 bits per heavy atom. The van der Waals surface area contributed by atoms with Gasteiger partial charge in [0, 0.05) is 46.5 Å². The summed E-state index contributed by atoms with van der Waals surface area (Å²) in [5.41, 5.74) is -1.94. The molecular formula is C18H19F3N4O3. The molecule has 1 aromatic carbocycles. The van der Waals surface area contributed by atoms with Crippen molar-refractivity contribution in [2.24, 2.45) is 14.1 Å². The average Bonchev–Trinajstić information content (AvgIpc) is 2.68. The molecule has 0 N–H and O–H groups in total. The van der Waals surface area contributed by atoms with Crippen LogP contribution >= 0.6 is 0 Å². The molecule has 0 bridgehead atoms. The normalized spacial score (nSPS) is 15.0. The molecule has 1 saturated heterocycles. The first-order valence-corrected chi connectivity index (χ1v) is 8.58. The second kappa shape index (κ2) is 7.17. The van der Waals surface area contributed by atoms with Gasteiger partial charge in [-0.15, -0.1) is 0 Å². The molecule has 2 aromatic rings. The first kappa shape index (κ1) is 19.7. The third-order valence-electron chi connectivity index (χ3n) is 4.80. The molecule has 1 aromatic heterocycles. The van der Waals surface area contributed by atoms with E-state index in [0.29, 0.717) is 5.69 Å². The van der Waals surface area contributed by atoms with Crippen LogP contribution in [0.25, 0.3) is 0 Å². The van der Waals surface area contributed by atoms with Crippen LogP contribution < -0.4 is 16.1 Å². The molecule has 2 heterocycles. The highest BCUT2D eigenvalue weighted by atomic mass is 19.4. The van der Waals surface area contributed by atoms with Crippen molar-refractivity contribution >= 4 is 11.6 Å². The predicted octanol–water partition coefficient (Wildman–Crippen LogP) is 1.07. The summed E-state index contributed by atoms with van der Waals surface area (Å²) < 4.78 is 41.8. The molecule has 1 amide bonds. The second-order valence-corrected chi connectivity index (χ2v) is 6.59. The Labute approximate surface area is 158 Å². The molecule has 1 aliphatic rings. The van der Waals surface area contributed by atoms with E-state index in [4.69, 9.17) is 0 Å². The Kier molecular flexibility index (Phi) is 5.05. The molecule has 28 heavy (non-hydrogen) atoms. The second-order valence-electron chi connectivity index (χ2n) is 6.59. The van der Waals surface area contributed by atoms with Crippen molar-refractivity contribution in [1.29, 1.82) is 0 Å². The summed E-state index contributed by atoms with van der Waals surface area (Å²) in [5, 5.41) is 0. The van der Waals surface area contributed by atoms with Crippen LogP contribution in [-0.4, -0.2) is 46.1 Å². The van der Waals surface area contributed by atoms with Gasteiger partial charge in [-0.3, -0.25) is 14.2 Å². The van der Waals surface area contributed by atoms with Gasteiger partial charge in [-0.1, -0.05) is 12.1 Å². The van der Waals surface area contributed by atoms with E-state index in [9.17, 15) is 27.6 Å². The number of anilines is 1. The quantitative estimate of drug-likeness (QED) is 0.762. The Morgan fingerprint density at radius 2 is 1.61 bits per heavy atom. The summed E-state index contributed by atoms with van der Waals surface area (Å²) in [6.45, 7) is 0.870. The highest BCUT2D eigenvalue weighted by Gasteiger charge is 2.36. The van der Waals surface area contributed by atoms with E-state index < -0.39 is 28.9 Å². The minimum atomic E-state index is -4.62. The average molecular weight is 396 g/mol. The third-order valence-corrected chi connectivity index (χ3v) is 4.80. The number of alkyl halides is 3. The molecule has 1 fully saturated rings. The van der Waals surface area contributed by atoms with Gasteiger partial charge >= 0.3 is 11.9 Å². The van der Waals surface area contributed by atoms with Gasteiger partial charge in [0.15, 0.2) is 0 Å². The molecule has 0 radical (unpaired) electrons. The minimum absolute atomic E-state index is 0.164. The molecule has 3 rings (SSSR count). The predicted molar refractivity (Wildman–Crippen MR) is 96.5 cm³/mol. The van der Waals surface area contributed by atoms with Crippen LogP contribution in [0, 0.1) is 0 Å². The number of carbonyl (C=O) groups excluding carboxylic acids is 1. The lowest BCUT2D eigenvalue weighted by atomic mass is 10.1. The summed E-state index contributed by atoms with van der Waals surface area (Å²) in [5.74, 6) is -0.694. The van der Waals surface area contributed by atoms with E-state index in [-0.39, 0.29) is 31.7 Å². The SMILES string of the molecule is Cn1cc(N2CCN(C(=O)c3ccccc3C(F)(F)F)CC2)c(=O)n(C)c1=O. The first-order chi connectivity index (χ1) is 13.1. The fraction of sp³-hybridized carbons (Fsp3) is 0.389. The lowest BCUT2D eigenvalue weighted by Crippen LogP contribution is -2.51. The van der Waals surface area contributed by atoms with Gasteiger partial charge in [0.05, 0.1) is 11.1 Å². The van der Waals surface area contributed by atoms with Crippen molar-refractivity contribution in [3.63, 3.8) is 0 Å². The van der Waals surface area contributed by atoms with Crippen molar-refractivity contribution in [1.82, 2.24) is 14.0 Å². The van der Waals surface area contributed by atoms with Crippen LogP contribution in [0.1, 0.15) is 15.9 Å². The smallest absolute Gasteiger partial charge is 0.362 e. The number of carbonyl (C=O) groups is 1. The van der Waals surface area contributed by atoms with Crippen molar-refractivity contribution in [2.45, 2.75) is 6.18 Å². The van der Waals surface area contributed by atoms with E-state index in [1.807, 2.05) is 0 Å². The van der Waals surface area contributed by atoms with Crippen molar-refractivity contribution in [2.75, 3.05) is 31.1 Å². The van der Waals surface area contributed by atoms with Gasteiger partial charge in [0.2, 0.25) is 0 Å². The van der Waals surface area contributed by atoms with E-state index in [1.54, 1.807) is 4.90 Å². The van der Waals surface area contributed by atoms with Crippen LogP contribution in [-0.2, 0) is 20.3 Å². The lowest BCUT2D eigenvalue weighted by molar-refractivity contribution is -0.138. The zero-order valence-electron chi connectivity index (χ0n) is 15.4. The number of nitrogens with zero attached hydrogens (tertiary/aromatic N) is 4. The maximum absolute atomic E-state index is 13.2. The van der Waals surface area contributed by atoms with Crippen molar-refractivity contribution < 1.29 is 18.0 Å². The Hall–Kier alpha value is -3.04. The maximum atomic E-state index is 13.2. The number of piperazine rings is 1. The van der Waals surface area contributed by atoms with Crippen molar-refractivity contribution in [3.05, 3.63) is 62.4 Å². The number of rotatable bonds is 2. The fourth-order valence-electron chi connectivity index (χ4n) is 3.24. The van der Waals surface area contributed by atoms with Crippen LogP contribution in [0.4, 0.5) is 18.9 Å². The molecule has 0 aliphatic carbocycles. The van der Waals surface area contributed by atoms with Gasteiger partial charge in [-0.05, 0) is 12.1 Å². The molecule has 150 valence electrons. The van der Waals surface area contributed by atoms with Crippen LogP contribution in [0.3, 0.4) is 0 Å². The maximum Gasteiger partial charge on any atom is 0.417 e. The largest absolute Gasteiger partial charge is 0.417 e. The van der Waals surface area contributed by atoms with E-state index in [1.165, 1.54) is 48.0 Å². The summed E-state index contributed by atoms with van der Waals surface area (Å²) in [6, 6.07) is 4.69. The number of benzene rings is 1. The zero-order chi connectivity index (χ0) is 20.6. The molecular weight excluding hydrogens is 377 g/mol. The third kappa shape index (κ3) is 3.54. The van der Waals surface area contributed by atoms with Gasteiger partial charge in [-0.2, -0.15) is 13.2 Å². The van der Waals surface area contributed by atoms with Gasteiger partial charge in [-0.25, -0.2) is 4.79 Å². The van der Waals surface area contributed by atoms with Crippen LogP contribution in [0.15, 0.2) is 40.1 Å². The molecule has 1 aliphatic heterocycles. The van der Waals surface area contributed by atoms with Gasteiger partial charge in [0.25, 0.3) is 11.5 Å². The number of hydrogen-bond donors (Lipinski definition) is 0. The number of amides is 1. The standard InChI is InChI=1S/C18H19F3N4O3/c1-22-11-14(16(27)23(2)17(22)28)24-7-9-25(10-8-24)15(26)12-5-3-4-6-13(12)18(19,20)21/h3-6,11H,7-10H2,1-2H3. The number of aromatic nitrogens is 2. The van der Waals surface area contributed by atoms with E-state index >= 15 is 0 Å². The summed E-state index contributed by atoms with van der Waals surface area (Å²) in [6.07, 6.45) is -3.18. The molecule has 0 saturated carbocycles. The van der Waals surface area contributed by atoms with E-state index in [0.717, 1.165) is 10.6 Å². The van der Waals surface area contributed by atoms with Crippen molar-refractivity contribution in [3.8, 4) is 0 Å². The molecule has 10 heteroatoms. The lowest BCUT2D eigenvalue weighted by Gasteiger charge is -2.36. The number of halogens is 3. The van der Waals surface area contributed by atoms with Gasteiger partial charge in [0.1, 0.15) is 5.69 Å². The van der Waals surface area contributed by atoms with Crippen LogP contribution in [0.2, 0.25) is 0 Å². The topological polar surface area (TPSA) is 67.5 Å². The number of hydrogen-bond acceptors (Lipinski definition) is 4. The molecule has 7 nitrogen and oxygen atoms in total. The molecule has 0 spiro atoms. The zero-order valence-corrected chi connectivity index (χ0v) is 15.4. The highest BCUT2D eigenvalue weighted by Crippen LogP contribution is 2.32. The van der Waals surface area contributed by atoms with E-state index in [2.05, 4.69) is 0 Å². The summed E-state index contributed by atoms with van der Waals surface area (Å²) >= 11 is 0. The summed E-state index contributed by atoms with van der Waals surface area (Å²) in [4.78, 5) is 39.8. The highest BCUT2D eigenvalue weighted by molar-refractivity contribution is 5.96. The Balaban J connectivity index is 1.80. The van der Waals surface area contributed by atoms with Gasteiger partial charge < -0.3 is 14.4 Å². The first-order valence-electron chi connectivity index (χ1n) is 8.58. The molecule has 0 unspecified atom stereocenters. The molecule has 0 atom stereocenters. The Morgan fingerprint density at radius 1 is 1.00 bits per heavy atom. The number of aryl methyl sites for hydroxylation is 1. The minimum Gasteiger partial charge on any atom is -0.362 e. The monoisotopic (exact) mass is 396 g/mol.